The highest BCUT2D eigenvalue weighted by molar-refractivity contribution is 6.08. The number of rotatable bonds is 3. The lowest BCUT2D eigenvalue weighted by Crippen LogP contribution is -2.49. The van der Waals surface area contributed by atoms with Gasteiger partial charge in [-0.25, -0.2) is 4.57 Å². The van der Waals surface area contributed by atoms with Crippen molar-refractivity contribution in [1.82, 2.24) is 9.97 Å². The Kier molecular flexibility index (Phi) is 4.93. The fourth-order valence-corrected chi connectivity index (χ4v) is 2.85. The molecule has 142 valence electrons. The number of H-pyrrole nitrogens is 1. The monoisotopic (exact) mass is 371 g/mol. The first kappa shape index (κ1) is 18.6. The third-order valence-corrected chi connectivity index (χ3v) is 4.31. The van der Waals surface area contributed by atoms with Crippen molar-refractivity contribution in [3.05, 3.63) is 40.4 Å². The van der Waals surface area contributed by atoms with Gasteiger partial charge in [0.1, 0.15) is 12.6 Å². The summed E-state index contributed by atoms with van der Waals surface area (Å²) in [5.41, 5.74) is 0.121. The smallest absolute Gasteiger partial charge is 0.278 e. The third-order valence-electron chi connectivity index (χ3n) is 4.31. The molecule has 9 nitrogen and oxygen atoms in total. The predicted molar refractivity (Wildman–Crippen MR) is 101 cm³/mol. The van der Waals surface area contributed by atoms with E-state index in [0.717, 1.165) is 0 Å². The van der Waals surface area contributed by atoms with Gasteiger partial charge in [0.05, 0.1) is 6.04 Å². The zero-order valence-electron chi connectivity index (χ0n) is 15.7. The van der Waals surface area contributed by atoms with Crippen LogP contribution in [0.15, 0.2) is 29.3 Å². The quantitative estimate of drug-likeness (QED) is 0.686. The van der Waals surface area contributed by atoms with Crippen molar-refractivity contribution in [2.75, 3.05) is 22.1 Å². The fourth-order valence-electron chi connectivity index (χ4n) is 2.85. The molecule has 9 heteroatoms. The number of carbonyl (C=O) groups excluding carboxylic acids is 2. The highest BCUT2D eigenvalue weighted by atomic mass is 16.2. The number of amides is 2. The Morgan fingerprint density at radius 2 is 2.15 bits per heavy atom. The molecular weight excluding hydrogens is 348 g/mol. The molecule has 2 amide bonds. The van der Waals surface area contributed by atoms with Crippen LogP contribution in [-0.4, -0.2) is 34.4 Å². The van der Waals surface area contributed by atoms with Crippen LogP contribution in [0.4, 0.5) is 17.5 Å². The van der Waals surface area contributed by atoms with E-state index in [1.54, 1.807) is 36.7 Å². The van der Waals surface area contributed by atoms with Crippen molar-refractivity contribution < 1.29 is 14.2 Å². The first-order chi connectivity index (χ1) is 12.8. The maximum absolute atomic E-state index is 13.1. The highest BCUT2D eigenvalue weighted by Gasteiger charge is 2.33. The van der Waals surface area contributed by atoms with Gasteiger partial charge in [0, 0.05) is 18.5 Å². The molecule has 0 fully saturated rings. The van der Waals surface area contributed by atoms with Crippen LogP contribution in [0.1, 0.15) is 31.1 Å². The van der Waals surface area contributed by atoms with Crippen LogP contribution in [-0.2, 0) is 11.8 Å². The van der Waals surface area contributed by atoms with E-state index in [9.17, 15) is 14.4 Å². The van der Waals surface area contributed by atoms with Gasteiger partial charge in [-0.1, -0.05) is 13.8 Å². The number of hydrogen-bond donors (Lipinski definition) is 3. The number of aryl methyl sites for hydroxylation is 1. The lowest BCUT2D eigenvalue weighted by Gasteiger charge is -2.34. The molecule has 3 N–H and O–H groups in total. The van der Waals surface area contributed by atoms with Gasteiger partial charge in [0.25, 0.3) is 11.5 Å². The largest absolute Gasteiger partial charge is 0.366 e. The van der Waals surface area contributed by atoms with Gasteiger partial charge in [-0.3, -0.25) is 29.6 Å². The van der Waals surface area contributed by atoms with E-state index in [4.69, 9.17) is 0 Å². The molecule has 0 bridgehead atoms. The van der Waals surface area contributed by atoms with Crippen molar-refractivity contribution >= 4 is 29.3 Å². The number of aromatic nitrogens is 3. The molecule has 0 aromatic carbocycles. The van der Waals surface area contributed by atoms with Crippen molar-refractivity contribution in [2.24, 2.45) is 13.0 Å². The zero-order chi connectivity index (χ0) is 19.7. The number of carbonyl (C=O) groups is 2. The normalized spacial score (nSPS) is 15.9. The topological polar surface area (TPSA) is 111 Å². The van der Waals surface area contributed by atoms with Crippen LogP contribution in [0.3, 0.4) is 0 Å². The molecule has 3 rings (SSSR count). The molecular formula is C18H23N6O3+. The summed E-state index contributed by atoms with van der Waals surface area (Å²) in [6.45, 7) is 5.77. The number of anilines is 3. The molecule has 2 aromatic heterocycles. The number of aromatic amines is 1. The number of pyridine rings is 1. The maximum Gasteiger partial charge on any atom is 0.278 e. The van der Waals surface area contributed by atoms with Crippen LogP contribution in [0.5, 0.6) is 0 Å². The minimum atomic E-state index is -0.494. The zero-order valence-corrected chi connectivity index (χ0v) is 15.7. The van der Waals surface area contributed by atoms with Gasteiger partial charge >= 0.3 is 0 Å². The van der Waals surface area contributed by atoms with Crippen LogP contribution in [0.25, 0.3) is 0 Å². The average Bonchev–Trinajstić information content (AvgIpc) is 2.61. The van der Waals surface area contributed by atoms with Crippen LogP contribution in [0, 0.1) is 5.92 Å². The van der Waals surface area contributed by atoms with E-state index in [1.807, 2.05) is 20.2 Å². The molecule has 2 aromatic rings. The molecule has 1 aliphatic heterocycles. The molecule has 1 aliphatic rings. The first-order valence-corrected chi connectivity index (χ1v) is 8.76. The molecule has 0 spiro atoms. The third kappa shape index (κ3) is 3.67. The van der Waals surface area contributed by atoms with Crippen molar-refractivity contribution in [3.63, 3.8) is 0 Å². The second-order valence-electron chi connectivity index (χ2n) is 6.92. The van der Waals surface area contributed by atoms with Crippen molar-refractivity contribution in [2.45, 2.75) is 26.8 Å². The van der Waals surface area contributed by atoms with E-state index in [-0.39, 0.29) is 41.2 Å². The SMILES string of the molecule is CC(C)C(=O)Nc1nc2c(c(=O)[nH]1)N(C(=O)c1ccc[n+](C)c1)C(C)CN2. The van der Waals surface area contributed by atoms with Crippen LogP contribution < -0.4 is 25.7 Å². The second kappa shape index (κ2) is 7.18. The fraction of sp³-hybridized carbons (Fsp3) is 0.389. The van der Waals surface area contributed by atoms with E-state index in [1.165, 1.54) is 4.90 Å². The maximum atomic E-state index is 13.1. The van der Waals surface area contributed by atoms with Gasteiger partial charge in [-0.05, 0) is 13.0 Å². The number of nitrogens with one attached hydrogen (secondary N) is 3. The Hall–Kier alpha value is -3.23. The Bertz CT molecular complexity index is 952. The summed E-state index contributed by atoms with van der Waals surface area (Å²) in [5, 5.41) is 5.64. The minimum Gasteiger partial charge on any atom is -0.366 e. The Labute approximate surface area is 156 Å². The van der Waals surface area contributed by atoms with Gasteiger partial charge in [-0.15, -0.1) is 0 Å². The van der Waals surface area contributed by atoms with Gasteiger partial charge in [0.15, 0.2) is 23.9 Å². The highest BCUT2D eigenvalue weighted by Crippen LogP contribution is 2.28. The van der Waals surface area contributed by atoms with E-state index in [2.05, 4.69) is 20.6 Å². The number of hydrogen-bond acceptors (Lipinski definition) is 5. The summed E-state index contributed by atoms with van der Waals surface area (Å²) < 4.78 is 1.77. The Balaban J connectivity index is 2.01. The molecule has 0 radical (unpaired) electrons. The molecule has 1 atom stereocenters. The predicted octanol–water partition coefficient (Wildman–Crippen LogP) is 0.650. The minimum absolute atomic E-state index is 0.0537. The molecule has 0 saturated heterocycles. The summed E-state index contributed by atoms with van der Waals surface area (Å²) in [4.78, 5) is 45.9. The second-order valence-corrected chi connectivity index (χ2v) is 6.92. The summed E-state index contributed by atoms with van der Waals surface area (Å²) in [6.07, 6.45) is 3.53. The van der Waals surface area contributed by atoms with Crippen LogP contribution >= 0.6 is 0 Å². The lowest BCUT2D eigenvalue weighted by molar-refractivity contribution is -0.671. The Morgan fingerprint density at radius 1 is 1.41 bits per heavy atom. The van der Waals surface area contributed by atoms with Crippen molar-refractivity contribution in [1.29, 1.82) is 0 Å². The standard InChI is InChI=1S/C18H22N6O3/c1-10(2)15(25)21-18-20-14-13(16(26)22-18)24(11(3)8-19-14)17(27)12-6-5-7-23(4)9-12/h5-7,9-11H,8H2,1-4H3,(H2-,19,20,21,22,25,26)/p+1. The molecule has 0 aliphatic carbocycles. The first-order valence-electron chi connectivity index (χ1n) is 8.76. The van der Waals surface area contributed by atoms with Gasteiger partial charge in [-0.2, -0.15) is 4.98 Å². The molecule has 27 heavy (non-hydrogen) atoms. The average molecular weight is 371 g/mol. The molecule has 0 saturated carbocycles. The summed E-state index contributed by atoms with van der Waals surface area (Å²) in [7, 11) is 1.82. The van der Waals surface area contributed by atoms with Crippen LogP contribution in [0.2, 0.25) is 0 Å². The summed E-state index contributed by atoms with van der Waals surface area (Å²) in [6, 6.07) is 3.23. The number of nitrogens with zero attached hydrogens (tertiary/aromatic N) is 3. The van der Waals surface area contributed by atoms with E-state index >= 15 is 0 Å². The molecule has 1 unspecified atom stereocenters. The summed E-state index contributed by atoms with van der Waals surface area (Å²) >= 11 is 0. The van der Waals surface area contributed by atoms with E-state index < -0.39 is 5.56 Å². The summed E-state index contributed by atoms with van der Waals surface area (Å²) in [5.74, 6) is -0.474. The van der Waals surface area contributed by atoms with Crippen molar-refractivity contribution in [3.8, 4) is 0 Å². The lowest BCUT2D eigenvalue weighted by atomic mass is 10.1. The molecule has 3 heterocycles. The Morgan fingerprint density at radius 3 is 2.81 bits per heavy atom. The number of fused-ring (bicyclic) bond motifs is 1. The van der Waals surface area contributed by atoms with Gasteiger partial charge in [0.2, 0.25) is 11.9 Å². The van der Waals surface area contributed by atoms with E-state index in [0.29, 0.717) is 12.1 Å². The van der Waals surface area contributed by atoms with Gasteiger partial charge < -0.3 is 5.32 Å².